The summed E-state index contributed by atoms with van der Waals surface area (Å²) in [5, 5.41) is 9.12. The number of hydrogen-bond acceptors (Lipinski definition) is 3. The molecule has 3 aromatic rings. The van der Waals surface area contributed by atoms with Gasteiger partial charge in [0.15, 0.2) is 6.61 Å². The highest BCUT2D eigenvalue weighted by Gasteiger charge is 2.07. The molecule has 3 rings (SSSR count). The van der Waals surface area contributed by atoms with Crippen molar-refractivity contribution in [2.24, 2.45) is 0 Å². The van der Waals surface area contributed by atoms with Crippen LogP contribution in [0.1, 0.15) is 16.7 Å². The summed E-state index contributed by atoms with van der Waals surface area (Å²) in [5.74, 6) is 0.108. The van der Waals surface area contributed by atoms with Crippen LogP contribution >= 0.6 is 23.4 Å². The van der Waals surface area contributed by atoms with Gasteiger partial charge in [-0.25, -0.2) is 4.79 Å². The summed E-state index contributed by atoms with van der Waals surface area (Å²) in [6, 6.07) is 24.2. The Bertz CT molecular complexity index is 998. The Hall–Kier alpha value is -2.69. The molecule has 0 atom stereocenters. The zero-order valence-corrected chi connectivity index (χ0v) is 17.5. The first-order chi connectivity index (χ1) is 14.0. The van der Waals surface area contributed by atoms with Crippen LogP contribution in [0, 0.1) is 6.92 Å². The first kappa shape index (κ1) is 21.0. The zero-order chi connectivity index (χ0) is 20.6. The third-order valence-electron chi connectivity index (χ3n) is 4.24. The summed E-state index contributed by atoms with van der Waals surface area (Å²) in [4.78, 5) is 11.6. The van der Waals surface area contributed by atoms with Crippen LogP contribution in [-0.4, -0.2) is 23.4 Å². The predicted octanol–water partition coefficient (Wildman–Crippen LogP) is 6.34. The second kappa shape index (κ2) is 10.2. The van der Waals surface area contributed by atoms with Gasteiger partial charge in [0.25, 0.3) is 0 Å². The summed E-state index contributed by atoms with van der Waals surface area (Å²) in [5.41, 5.74) is 4.77. The lowest BCUT2D eigenvalue weighted by Gasteiger charge is -2.10. The van der Waals surface area contributed by atoms with Crippen molar-refractivity contribution in [2.75, 3.05) is 12.4 Å². The number of benzene rings is 3. The number of hydrogen-bond donors (Lipinski definition) is 1. The molecule has 0 unspecified atom stereocenters. The van der Waals surface area contributed by atoms with Gasteiger partial charge in [0.2, 0.25) is 0 Å². The summed E-state index contributed by atoms with van der Waals surface area (Å²) in [7, 11) is 0. The van der Waals surface area contributed by atoms with Gasteiger partial charge in [0.05, 0.1) is 5.02 Å². The second-order valence-electron chi connectivity index (χ2n) is 6.44. The number of rotatable bonds is 8. The van der Waals surface area contributed by atoms with Crippen LogP contribution in [0.4, 0.5) is 0 Å². The Morgan fingerprint density at radius 2 is 1.72 bits per heavy atom. The first-order valence-electron chi connectivity index (χ1n) is 9.12. The number of carboxylic acids is 1. The molecular weight excluding hydrogens is 404 g/mol. The number of ether oxygens (including phenoxy) is 1. The van der Waals surface area contributed by atoms with Crippen LogP contribution in [0.25, 0.3) is 5.57 Å². The van der Waals surface area contributed by atoms with Crippen molar-refractivity contribution in [2.45, 2.75) is 11.8 Å². The van der Waals surface area contributed by atoms with E-state index < -0.39 is 12.6 Å². The van der Waals surface area contributed by atoms with Crippen LogP contribution in [-0.2, 0) is 4.79 Å². The molecule has 0 aliphatic rings. The normalized spacial score (nSPS) is 11.3. The Morgan fingerprint density at radius 1 is 1.03 bits per heavy atom. The molecule has 0 spiro atoms. The Morgan fingerprint density at radius 3 is 2.38 bits per heavy atom. The van der Waals surface area contributed by atoms with Crippen LogP contribution in [0.3, 0.4) is 0 Å². The van der Waals surface area contributed by atoms with Crippen LogP contribution in [0.5, 0.6) is 5.75 Å². The van der Waals surface area contributed by atoms with E-state index in [1.165, 1.54) is 22.3 Å². The van der Waals surface area contributed by atoms with E-state index in [-0.39, 0.29) is 0 Å². The third kappa shape index (κ3) is 6.14. The minimum absolute atomic E-state index is 0.374. The summed E-state index contributed by atoms with van der Waals surface area (Å²) < 4.78 is 5.17. The molecule has 0 radical (unpaired) electrons. The van der Waals surface area contributed by atoms with Crippen molar-refractivity contribution in [3.8, 4) is 5.75 Å². The fourth-order valence-corrected chi connectivity index (χ4v) is 3.91. The van der Waals surface area contributed by atoms with Gasteiger partial charge in [-0.05, 0) is 41.8 Å². The van der Waals surface area contributed by atoms with Gasteiger partial charge in [-0.15, -0.1) is 11.8 Å². The van der Waals surface area contributed by atoms with E-state index >= 15 is 0 Å². The average Bonchev–Trinajstić information content (AvgIpc) is 2.72. The van der Waals surface area contributed by atoms with E-state index in [0.29, 0.717) is 10.8 Å². The maximum atomic E-state index is 10.6. The summed E-state index contributed by atoms with van der Waals surface area (Å²) >= 11 is 7.87. The van der Waals surface area contributed by atoms with Gasteiger partial charge in [0.1, 0.15) is 5.75 Å². The van der Waals surface area contributed by atoms with Crippen molar-refractivity contribution in [1.82, 2.24) is 0 Å². The highest BCUT2D eigenvalue weighted by molar-refractivity contribution is 7.99. The van der Waals surface area contributed by atoms with Gasteiger partial charge in [-0.1, -0.05) is 77.8 Å². The van der Waals surface area contributed by atoms with Crippen molar-refractivity contribution in [3.63, 3.8) is 0 Å². The Kier molecular flexibility index (Phi) is 7.39. The minimum atomic E-state index is -1.03. The molecule has 3 nitrogen and oxygen atoms in total. The number of carbonyl (C=O) groups is 1. The molecule has 5 heteroatoms. The van der Waals surface area contributed by atoms with Crippen molar-refractivity contribution in [3.05, 3.63) is 101 Å². The predicted molar refractivity (Wildman–Crippen MR) is 120 cm³/mol. The molecule has 1 N–H and O–H groups in total. The lowest BCUT2D eigenvalue weighted by molar-refractivity contribution is -0.139. The first-order valence-corrected chi connectivity index (χ1v) is 10.5. The van der Waals surface area contributed by atoms with E-state index in [2.05, 4.69) is 49.4 Å². The highest BCUT2D eigenvalue weighted by Crippen LogP contribution is 2.31. The van der Waals surface area contributed by atoms with Crippen molar-refractivity contribution in [1.29, 1.82) is 0 Å². The van der Waals surface area contributed by atoms with E-state index in [1.54, 1.807) is 23.9 Å². The molecule has 3 aromatic carbocycles. The van der Waals surface area contributed by atoms with Gasteiger partial charge in [-0.2, -0.15) is 0 Å². The average molecular weight is 425 g/mol. The van der Waals surface area contributed by atoms with Crippen LogP contribution in [0.15, 0.2) is 83.8 Å². The lowest BCUT2D eigenvalue weighted by Crippen LogP contribution is -2.09. The van der Waals surface area contributed by atoms with Crippen molar-refractivity contribution < 1.29 is 14.6 Å². The fraction of sp³-hybridized carbons (Fsp3) is 0.125. The Balaban J connectivity index is 1.75. The largest absolute Gasteiger partial charge is 0.480 e. The quantitative estimate of drug-likeness (QED) is 0.429. The third-order valence-corrected chi connectivity index (χ3v) is 5.46. The standard InChI is InChI=1S/C24H21ClO3S/c1-17-7-9-19(10-8-17)21(18-5-3-2-4-6-18)13-14-29-20-11-12-23(22(25)15-20)28-16-24(26)27/h2-13,15H,14,16H2,1H3,(H,26,27)/b21-13-. The maximum absolute atomic E-state index is 10.6. The van der Waals surface area contributed by atoms with Gasteiger partial charge in [-0.3, -0.25) is 0 Å². The van der Waals surface area contributed by atoms with Crippen LogP contribution < -0.4 is 4.74 Å². The molecule has 0 bridgehead atoms. The smallest absolute Gasteiger partial charge is 0.341 e. The molecule has 0 amide bonds. The minimum Gasteiger partial charge on any atom is -0.480 e. The molecule has 0 aliphatic heterocycles. The lowest BCUT2D eigenvalue weighted by atomic mass is 9.97. The Labute approximate surface area is 180 Å². The van der Waals surface area contributed by atoms with Gasteiger partial charge in [0, 0.05) is 10.6 Å². The molecule has 0 saturated carbocycles. The number of halogens is 1. The van der Waals surface area contributed by atoms with E-state index in [9.17, 15) is 4.79 Å². The number of carboxylic acid groups (broad SMARTS) is 1. The molecule has 29 heavy (non-hydrogen) atoms. The van der Waals surface area contributed by atoms with Gasteiger partial charge < -0.3 is 9.84 Å². The highest BCUT2D eigenvalue weighted by atomic mass is 35.5. The number of aliphatic carboxylic acids is 1. The molecule has 0 fully saturated rings. The molecule has 0 saturated heterocycles. The molecule has 0 aliphatic carbocycles. The molecular formula is C24H21ClO3S. The van der Waals surface area contributed by atoms with Gasteiger partial charge >= 0.3 is 5.97 Å². The van der Waals surface area contributed by atoms with E-state index in [4.69, 9.17) is 21.4 Å². The van der Waals surface area contributed by atoms with Crippen molar-refractivity contribution >= 4 is 34.9 Å². The fourth-order valence-electron chi connectivity index (χ4n) is 2.80. The summed E-state index contributed by atoms with van der Waals surface area (Å²) in [6.07, 6.45) is 2.22. The second-order valence-corrected chi connectivity index (χ2v) is 7.94. The maximum Gasteiger partial charge on any atom is 0.341 e. The molecule has 0 heterocycles. The SMILES string of the molecule is Cc1ccc(/C(=C\CSc2ccc(OCC(=O)O)c(Cl)c2)c2ccccc2)cc1. The summed E-state index contributed by atoms with van der Waals surface area (Å²) in [6.45, 7) is 1.67. The molecule has 148 valence electrons. The topological polar surface area (TPSA) is 46.5 Å². The molecule has 0 aromatic heterocycles. The number of aryl methyl sites for hydroxylation is 1. The number of thioether (sulfide) groups is 1. The zero-order valence-electron chi connectivity index (χ0n) is 16.0. The monoisotopic (exact) mass is 424 g/mol. The van der Waals surface area contributed by atoms with E-state index in [1.807, 2.05) is 24.3 Å². The van der Waals surface area contributed by atoms with E-state index in [0.717, 1.165) is 10.6 Å². The van der Waals surface area contributed by atoms with Crippen LogP contribution in [0.2, 0.25) is 5.02 Å².